The predicted molar refractivity (Wildman–Crippen MR) is 73.0 cm³/mol. The van der Waals surface area contributed by atoms with Gasteiger partial charge in [0.25, 0.3) is 0 Å². The second-order valence-corrected chi connectivity index (χ2v) is 5.36. The number of aliphatic hydroxyl groups excluding tert-OH is 1. The maximum Gasteiger partial charge on any atom is 0.0802 e. The van der Waals surface area contributed by atoms with E-state index in [-0.39, 0.29) is 6.10 Å². The Morgan fingerprint density at radius 3 is 2.53 bits per heavy atom. The standard InChI is InChI=1S/C13H19BrN2O/c14-12-3-1-11(2-4-12)13(17)5-8-16-9-6-15-7-10-16/h1-4,13,15,17H,5-10H2. The molecule has 1 saturated heterocycles. The predicted octanol–water partition coefficient (Wildman–Crippen LogP) is 1.78. The van der Waals surface area contributed by atoms with Gasteiger partial charge in [0.15, 0.2) is 0 Å². The first-order valence-electron chi connectivity index (χ1n) is 6.12. The second-order valence-electron chi connectivity index (χ2n) is 4.45. The van der Waals surface area contributed by atoms with E-state index in [2.05, 4.69) is 26.1 Å². The van der Waals surface area contributed by atoms with Crippen LogP contribution in [0, 0.1) is 0 Å². The summed E-state index contributed by atoms with van der Waals surface area (Å²) >= 11 is 3.40. The average Bonchev–Trinajstić information content (AvgIpc) is 2.38. The molecule has 1 aromatic carbocycles. The highest BCUT2D eigenvalue weighted by molar-refractivity contribution is 9.10. The summed E-state index contributed by atoms with van der Waals surface area (Å²) < 4.78 is 1.05. The molecule has 1 aliphatic rings. The molecule has 1 fully saturated rings. The lowest BCUT2D eigenvalue weighted by atomic mass is 10.1. The lowest BCUT2D eigenvalue weighted by Crippen LogP contribution is -2.44. The molecule has 1 atom stereocenters. The van der Waals surface area contributed by atoms with Crippen molar-refractivity contribution < 1.29 is 5.11 Å². The molecule has 1 heterocycles. The van der Waals surface area contributed by atoms with Crippen LogP contribution in [0.3, 0.4) is 0 Å². The maximum atomic E-state index is 10.1. The summed E-state index contributed by atoms with van der Waals surface area (Å²) in [6.45, 7) is 5.28. The van der Waals surface area contributed by atoms with Crippen molar-refractivity contribution in [2.75, 3.05) is 32.7 Å². The van der Waals surface area contributed by atoms with E-state index in [1.165, 1.54) is 0 Å². The molecular weight excluding hydrogens is 280 g/mol. The van der Waals surface area contributed by atoms with Crippen LogP contribution in [0.25, 0.3) is 0 Å². The number of nitrogens with zero attached hydrogens (tertiary/aromatic N) is 1. The summed E-state index contributed by atoms with van der Waals surface area (Å²) in [7, 11) is 0. The molecule has 1 aliphatic heterocycles. The highest BCUT2D eigenvalue weighted by Gasteiger charge is 2.12. The fourth-order valence-electron chi connectivity index (χ4n) is 2.09. The van der Waals surface area contributed by atoms with Gasteiger partial charge in [0, 0.05) is 37.2 Å². The Morgan fingerprint density at radius 1 is 1.24 bits per heavy atom. The van der Waals surface area contributed by atoms with Crippen molar-refractivity contribution in [2.45, 2.75) is 12.5 Å². The SMILES string of the molecule is OC(CCN1CCNCC1)c1ccc(Br)cc1. The van der Waals surface area contributed by atoms with Crippen LogP contribution in [0.5, 0.6) is 0 Å². The van der Waals surface area contributed by atoms with Crippen LogP contribution in [0.2, 0.25) is 0 Å². The minimum Gasteiger partial charge on any atom is -0.388 e. The topological polar surface area (TPSA) is 35.5 Å². The number of hydrogen-bond donors (Lipinski definition) is 2. The van der Waals surface area contributed by atoms with Gasteiger partial charge in [-0.3, -0.25) is 0 Å². The third kappa shape index (κ3) is 4.07. The molecule has 0 aromatic heterocycles. The van der Waals surface area contributed by atoms with Gasteiger partial charge < -0.3 is 15.3 Å². The Morgan fingerprint density at radius 2 is 1.88 bits per heavy atom. The van der Waals surface area contributed by atoms with E-state index in [1.807, 2.05) is 24.3 Å². The largest absolute Gasteiger partial charge is 0.388 e. The van der Waals surface area contributed by atoms with Crippen molar-refractivity contribution in [2.24, 2.45) is 0 Å². The smallest absolute Gasteiger partial charge is 0.0802 e. The fraction of sp³-hybridized carbons (Fsp3) is 0.538. The van der Waals surface area contributed by atoms with Crippen LogP contribution in [0.4, 0.5) is 0 Å². The van der Waals surface area contributed by atoms with E-state index in [0.29, 0.717) is 0 Å². The summed E-state index contributed by atoms with van der Waals surface area (Å²) in [4.78, 5) is 2.40. The van der Waals surface area contributed by atoms with Gasteiger partial charge in [-0.1, -0.05) is 28.1 Å². The van der Waals surface area contributed by atoms with Gasteiger partial charge in [-0.05, 0) is 24.1 Å². The molecule has 17 heavy (non-hydrogen) atoms. The zero-order chi connectivity index (χ0) is 12.1. The molecule has 94 valence electrons. The summed E-state index contributed by atoms with van der Waals surface area (Å²) in [6.07, 6.45) is 0.458. The highest BCUT2D eigenvalue weighted by atomic mass is 79.9. The van der Waals surface area contributed by atoms with E-state index in [4.69, 9.17) is 0 Å². The van der Waals surface area contributed by atoms with Crippen LogP contribution in [-0.4, -0.2) is 42.7 Å². The molecule has 3 nitrogen and oxygen atoms in total. The molecule has 0 bridgehead atoms. The second kappa shape index (κ2) is 6.50. The minimum atomic E-state index is -0.349. The molecule has 1 aromatic rings. The number of rotatable bonds is 4. The van der Waals surface area contributed by atoms with Crippen molar-refractivity contribution in [1.82, 2.24) is 10.2 Å². The molecular formula is C13H19BrN2O. The summed E-state index contributed by atoms with van der Waals surface area (Å²) in [6, 6.07) is 7.91. The van der Waals surface area contributed by atoms with Crippen LogP contribution in [-0.2, 0) is 0 Å². The number of hydrogen-bond acceptors (Lipinski definition) is 3. The fourth-order valence-corrected chi connectivity index (χ4v) is 2.36. The van der Waals surface area contributed by atoms with Crippen molar-refractivity contribution >= 4 is 15.9 Å². The Kier molecular flexibility index (Phi) is 4.98. The lowest BCUT2D eigenvalue weighted by molar-refractivity contribution is 0.136. The first-order valence-corrected chi connectivity index (χ1v) is 6.91. The molecule has 0 amide bonds. The van der Waals surface area contributed by atoms with Crippen molar-refractivity contribution in [3.05, 3.63) is 34.3 Å². The number of aliphatic hydroxyl groups is 1. The molecule has 0 aliphatic carbocycles. The Balaban J connectivity index is 1.80. The maximum absolute atomic E-state index is 10.1. The lowest BCUT2D eigenvalue weighted by Gasteiger charge is -2.27. The molecule has 0 spiro atoms. The quantitative estimate of drug-likeness (QED) is 0.889. The first-order chi connectivity index (χ1) is 8.25. The minimum absolute atomic E-state index is 0.349. The Bertz CT molecular complexity index is 336. The van der Waals surface area contributed by atoms with Crippen molar-refractivity contribution in [3.8, 4) is 0 Å². The van der Waals surface area contributed by atoms with Crippen molar-refractivity contribution in [1.29, 1.82) is 0 Å². The third-order valence-electron chi connectivity index (χ3n) is 3.18. The van der Waals surface area contributed by atoms with Crippen LogP contribution in [0.15, 0.2) is 28.7 Å². The monoisotopic (exact) mass is 298 g/mol. The summed E-state index contributed by atoms with van der Waals surface area (Å²) in [5.41, 5.74) is 1.00. The van der Waals surface area contributed by atoms with E-state index in [1.54, 1.807) is 0 Å². The van der Waals surface area contributed by atoms with Crippen molar-refractivity contribution in [3.63, 3.8) is 0 Å². The normalized spacial score (nSPS) is 19.2. The summed E-state index contributed by atoms with van der Waals surface area (Å²) in [5.74, 6) is 0. The molecule has 2 N–H and O–H groups in total. The van der Waals surface area contributed by atoms with Crippen LogP contribution in [0.1, 0.15) is 18.1 Å². The van der Waals surface area contributed by atoms with E-state index >= 15 is 0 Å². The average molecular weight is 299 g/mol. The third-order valence-corrected chi connectivity index (χ3v) is 3.71. The van der Waals surface area contributed by atoms with E-state index in [9.17, 15) is 5.11 Å². The van der Waals surface area contributed by atoms with Gasteiger partial charge in [0.1, 0.15) is 0 Å². The summed E-state index contributed by atoms with van der Waals surface area (Å²) in [5, 5.41) is 13.4. The van der Waals surface area contributed by atoms with Gasteiger partial charge in [0.2, 0.25) is 0 Å². The van der Waals surface area contributed by atoms with Crippen LogP contribution < -0.4 is 5.32 Å². The molecule has 0 saturated carbocycles. The zero-order valence-corrected chi connectivity index (χ0v) is 11.5. The van der Waals surface area contributed by atoms with Gasteiger partial charge in [0.05, 0.1) is 6.10 Å². The number of halogens is 1. The molecule has 2 rings (SSSR count). The Hall–Kier alpha value is -0.420. The highest BCUT2D eigenvalue weighted by Crippen LogP contribution is 2.19. The molecule has 0 radical (unpaired) electrons. The molecule has 1 unspecified atom stereocenters. The number of benzene rings is 1. The van der Waals surface area contributed by atoms with Gasteiger partial charge >= 0.3 is 0 Å². The van der Waals surface area contributed by atoms with Gasteiger partial charge in [-0.25, -0.2) is 0 Å². The number of nitrogens with one attached hydrogen (secondary N) is 1. The van der Waals surface area contributed by atoms with E-state index in [0.717, 1.165) is 49.2 Å². The van der Waals surface area contributed by atoms with Gasteiger partial charge in [-0.15, -0.1) is 0 Å². The van der Waals surface area contributed by atoms with E-state index < -0.39 is 0 Å². The number of piperazine rings is 1. The first kappa shape index (κ1) is 13.0. The Labute approximate surface area is 111 Å². The van der Waals surface area contributed by atoms with Crippen LogP contribution >= 0.6 is 15.9 Å². The zero-order valence-electron chi connectivity index (χ0n) is 9.90. The van der Waals surface area contributed by atoms with Gasteiger partial charge in [-0.2, -0.15) is 0 Å². The molecule has 4 heteroatoms.